The summed E-state index contributed by atoms with van der Waals surface area (Å²) in [6.07, 6.45) is -0.603. The van der Waals surface area contributed by atoms with Crippen LogP contribution in [0.1, 0.15) is 13.3 Å². The zero-order chi connectivity index (χ0) is 8.15. The molecule has 0 aliphatic rings. The van der Waals surface area contributed by atoms with Gasteiger partial charge in [-0.15, -0.1) is 0 Å². The summed E-state index contributed by atoms with van der Waals surface area (Å²) in [4.78, 5) is 10.4. The first-order chi connectivity index (χ1) is 4.57. The van der Waals surface area contributed by atoms with Gasteiger partial charge in [-0.2, -0.15) is 0 Å². The summed E-state index contributed by atoms with van der Waals surface area (Å²) in [5.41, 5.74) is 4.91. The molecule has 0 saturated heterocycles. The van der Waals surface area contributed by atoms with Gasteiger partial charge in [0.1, 0.15) is 0 Å². The molecule has 60 valence electrons. The van der Waals surface area contributed by atoms with E-state index < -0.39 is 12.0 Å². The third-order valence-corrected chi connectivity index (χ3v) is 1.32. The molecule has 0 aromatic heterocycles. The van der Waals surface area contributed by atoms with E-state index in [0.29, 0.717) is 0 Å². The molecule has 1 amide bonds. The van der Waals surface area contributed by atoms with Crippen LogP contribution >= 0.6 is 0 Å². The minimum atomic E-state index is -0.831. The largest absolute Gasteiger partial charge is 0.394 e. The second kappa shape index (κ2) is 4.24. The van der Waals surface area contributed by atoms with Gasteiger partial charge >= 0.3 is 0 Å². The van der Waals surface area contributed by atoms with E-state index in [2.05, 4.69) is 0 Å². The second-order valence-electron chi connectivity index (χ2n) is 2.38. The first-order valence-electron chi connectivity index (χ1n) is 3.16. The van der Waals surface area contributed by atoms with Crippen LogP contribution in [-0.2, 0) is 4.79 Å². The fraction of sp³-hybridized carbons (Fsp3) is 0.833. The Balaban J connectivity index is 3.56. The fourth-order valence-electron chi connectivity index (χ4n) is 0.599. The van der Waals surface area contributed by atoms with E-state index in [9.17, 15) is 4.79 Å². The van der Waals surface area contributed by atoms with Crippen molar-refractivity contribution in [3.05, 3.63) is 0 Å². The molecule has 4 N–H and O–H groups in total. The van der Waals surface area contributed by atoms with Gasteiger partial charge in [0.25, 0.3) is 0 Å². The Morgan fingerprint density at radius 2 is 2.20 bits per heavy atom. The Kier molecular flexibility index (Phi) is 3.99. The number of amides is 1. The number of rotatable bonds is 4. The summed E-state index contributed by atoms with van der Waals surface area (Å²) in [5, 5.41) is 17.2. The van der Waals surface area contributed by atoms with Gasteiger partial charge in [0.05, 0.1) is 12.7 Å². The highest BCUT2D eigenvalue weighted by Crippen LogP contribution is 2.03. The van der Waals surface area contributed by atoms with E-state index in [1.165, 1.54) is 0 Å². The lowest BCUT2D eigenvalue weighted by Crippen LogP contribution is -2.26. The van der Waals surface area contributed by atoms with Crippen LogP contribution in [0.3, 0.4) is 0 Å². The average Bonchev–Trinajstić information content (AvgIpc) is 1.87. The maximum atomic E-state index is 10.4. The van der Waals surface area contributed by atoms with Crippen molar-refractivity contribution in [3.63, 3.8) is 0 Å². The first kappa shape index (κ1) is 9.39. The lowest BCUT2D eigenvalue weighted by atomic mass is 10.0. The van der Waals surface area contributed by atoms with Crippen LogP contribution in [0, 0.1) is 5.92 Å². The van der Waals surface area contributed by atoms with E-state index in [1.807, 2.05) is 0 Å². The number of aliphatic hydroxyl groups is 2. The molecule has 2 unspecified atom stereocenters. The van der Waals surface area contributed by atoms with E-state index in [0.717, 1.165) is 0 Å². The van der Waals surface area contributed by atoms with Crippen molar-refractivity contribution in [2.45, 2.75) is 19.4 Å². The van der Waals surface area contributed by atoms with Gasteiger partial charge in [0, 0.05) is 5.92 Å². The van der Waals surface area contributed by atoms with Crippen molar-refractivity contribution in [2.24, 2.45) is 11.7 Å². The van der Waals surface area contributed by atoms with Crippen molar-refractivity contribution >= 4 is 5.91 Å². The molecular formula is C6H13NO3. The Morgan fingerprint density at radius 1 is 1.70 bits per heavy atom. The van der Waals surface area contributed by atoms with Crippen LogP contribution in [0.15, 0.2) is 0 Å². The number of aliphatic hydroxyl groups excluding tert-OH is 2. The van der Waals surface area contributed by atoms with E-state index in [4.69, 9.17) is 15.9 Å². The zero-order valence-corrected chi connectivity index (χ0v) is 5.95. The van der Waals surface area contributed by atoms with Crippen molar-refractivity contribution in [3.8, 4) is 0 Å². The zero-order valence-electron chi connectivity index (χ0n) is 5.95. The molecule has 0 heterocycles. The highest BCUT2D eigenvalue weighted by molar-refractivity contribution is 5.76. The number of carbonyl (C=O) groups is 1. The van der Waals surface area contributed by atoms with Crippen LogP contribution in [0.5, 0.6) is 0 Å². The SMILES string of the molecule is CC(CC(O)CO)C(N)=O. The lowest BCUT2D eigenvalue weighted by Gasteiger charge is -2.10. The van der Waals surface area contributed by atoms with Crippen LogP contribution in [-0.4, -0.2) is 28.8 Å². The minimum absolute atomic E-state index is 0.228. The second-order valence-corrected chi connectivity index (χ2v) is 2.38. The summed E-state index contributed by atoms with van der Waals surface area (Å²) in [6.45, 7) is 1.29. The number of primary amides is 1. The van der Waals surface area contributed by atoms with Gasteiger partial charge in [-0.1, -0.05) is 6.92 Å². The molecule has 10 heavy (non-hydrogen) atoms. The summed E-state index contributed by atoms with van der Waals surface area (Å²) in [6, 6.07) is 0. The number of carbonyl (C=O) groups excluding carboxylic acids is 1. The summed E-state index contributed by atoms with van der Waals surface area (Å²) < 4.78 is 0. The maximum absolute atomic E-state index is 10.4. The molecule has 0 rings (SSSR count). The topological polar surface area (TPSA) is 83.6 Å². The van der Waals surface area contributed by atoms with E-state index in [-0.39, 0.29) is 18.9 Å². The third kappa shape index (κ3) is 3.42. The van der Waals surface area contributed by atoms with E-state index >= 15 is 0 Å². The Hall–Kier alpha value is -0.610. The molecule has 0 spiro atoms. The van der Waals surface area contributed by atoms with Crippen LogP contribution < -0.4 is 5.73 Å². The Morgan fingerprint density at radius 3 is 2.50 bits per heavy atom. The van der Waals surface area contributed by atoms with Crippen molar-refractivity contribution in [1.29, 1.82) is 0 Å². The summed E-state index contributed by atoms with van der Waals surface area (Å²) in [7, 11) is 0. The average molecular weight is 147 g/mol. The van der Waals surface area contributed by atoms with Gasteiger partial charge in [0.2, 0.25) is 5.91 Å². The number of hydrogen-bond acceptors (Lipinski definition) is 3. The Bertz CT molecular complexity index is 116. The number of nitrogens with two attached hydrogens (primary N) is 1. The van der Waals surface area contributed by atoms with Crippen LogP contribution in [0.4, 0.5) is 0 Å². The van der Waals surface area contributed by atoms with Gasteiger partial charge in [-0.25, -0.2) is 0 Å². The molecular weight excluding hydrogens is 134 g/mol. The highest BCUT2D eigenvalue weighted by atomic mass is 16.3. The molecule has 4 heteroatoms. The maximum Gasteiger partial charge on any atom is 0.220 e. The quantitative estimate of drug-likeness (QED) is 0.469. The molecule has 0 aliphatic heterocycles. The molecule has 4 nitrogen and oxygen atoms in total. The summed E-state index contributed by atoms with van der Waals surface area (Å²) >= 11 is 0. The van der Waals surface area contributed by atoms with Crippen molar-refractivity contribution in [2.75, 3.05) is 6.61 Å². The minimum Gasteiger partial charge on any atom is -0.394 e. The molecule has 0 saturated carbocycles. The van der Waals surface area contributed by atoms with Crippen molar-refractivity contribution in [1.82, 2.24) is 0 Å². The fourth-order valence-corrected chi connectivity index (χ4v) is 0.599. The van der Waals surface area contributed by atoms with Crippen molar-refractivity contribution < 1.29 is 15.0 Å². The van der Waals surface area contributed by atoms with Crippen LogP contribution in [0.2, 0.25) is 0 Å². The highest BCUT2D eigenvalue weighted by Gasteiger charge is 2.13. The third-order valence-electron chi connectivity index (χ3n) is 1.32. The van der Waals surface area contributed by atoms with Gasteiger partial charge in [0.15, 0.2) is 0 Å². The standard InChI is InChI=1S/C6H13NO3/c1-4(6(7)10)2-5(9)3-8/h4-5,8-9H,2-3H2,1H3,(H2,7,10). The molecule has 0 bridgehead atoms. The predicted molar refractivity (Wildman–Crippen MR) is 36.1 cm³/mol. The smallest absolute Gasteiger partial charge is 0.220 e. The molecule has 0 aromatic rings. The van der Waals surface area contributed by atoms with Gasteiger partial charge in [-0.05, 0) is 6.42 Å². The predicted octanol–water partition coefficient (Wildman–Crippen LogP) is -1.15. The van der Waals surface area contributed by atoms with Gasteiger partial charge in [-0.3, -0.25) is 4.79 Å². The summed E-state index contributed by atoms with van der Waals surface area (Å²) in [5.74, 6) is -0.824. The monoisotopic (exact) mass is 147 g/mol. The molecule has 0 aliphatic carbocycles. The molecule has 0 aromatic carbocycles. The first-order valence-corrected chi connectivity index (χ1v) is 3.16. The molecule has 0 radical (unpaired) electrons. The normalized spacial score (nSPS) is 16.3. The van der Waals surface area contributed by atoms with E-state index in [1.54, 1.807) is 6.92 Å². The Labute approximate surface area is 59.7 Å². The van der Waals surface area contributed by atoms with Gasteiger partial charge < -0.3 is 15.9 Å². The molecule has 0 fully saturated rings. The van der Waals surface area contributed by atoms with Crippen LogP contribution in [0.25, 0.3) is 0 Å². The molecule has 2 atom stereocenters. The lowest BCUT2D eigenvalue weighted by molar-refractivity contribution is -0.122. The number of hydrogen-bond donors (Lipinski definition) is 3.